The molecule has 0 radical (unpaired) electrons. The maximum Gasteiger partial charge on any atom is 0.339 e. The summed E-state index contributed by atoms with van der Waals surface area (Å²) in [7, 11) is 1.28. The van der Waals surface area contributed by atoms with Crippen molar-refractivity contribution in [2.45, 2.75) is 6.54 Å². The Morgan fingerprint density at radius 1 is 1.20 bits per heavy atom. The van der Waals surface area contributed by atoms with Crippen LogP contribution in [-0.4, -0.2) is 13.1 Å². The highest BCUT2D eigenvalue weighted by Crippen LogP contribution is 2.18. The number of halogens is 2. The van der Waals surface area contributed by atoms with Gasteiger partial charge in [-0.05, 0) is 30.3 Å². The Bertz CT molecular complexity index is 629. The van der Waals surface area contributed by atoms with E-state index in [-0.39, 0.29) is 12.1 Å². The Kier molecular flexibility index (Phi) is 4.30. The minimum Gasteiger partial charge on any atom is -0.465 e. The fraction of sp³-hybridized carbons (Fsp3) is 0.133. The van der Waals surface area contributed by atoms with Crippen molar-refractivity contribution < 1.29 is 18.3 Å². The number of hydrogen-bond donors (Lipinski definition) is 1. The van der Waals surface area contributed by atoms with Crippen molar-refractivity contribution in [2.75, 3.05) is 12.4 Å². The standard InChI is InChI=1S/C15H13F2NO2/c1-20-15(19)12-4-2-3-5-14(12)18-9-10-8-11(16)6-7-13(10)17/h2-8,18H,9H2,1H3. The Morgan fingerprint density at radius 2 is 1.95 bits per heavy atom. The van der Waals surface area contributed by atoms with Crippen LogP contribution in [0.5, 0.6) is 0 Å². The zero-order valence-electron chi connectivity index (χ0n) is 10.8. The number of para-hydroxylation sites is 1. The van der Waals surface area contributed by atoms with E-state index in [1.807, 2.05) is 0 Å². The fourth-order valence-corrected chi connectivity index (χ4v) is 1.79. The van der Waals surface area contributed by atoms with E-state index in [0.717, 1.165) is 18.2 Å². The largest absolute Gasteiger partial charge is 0.465 e. The average molecular weight is 277 g/mol. The monoisotopic (exact) mass is 277 g/mol. The number of hydrogen-bond acceptors (Lipinski definition) is 3. The summed E-state index contributed by atoms with van der Waals surface area (Å²) in [5.41, 5.74) is 1.03. The molecule has 0 heterocycles. The first-order chi connectivity index (χ1) is 9.61. The molecule has 2 rings (SSSR count). The summed E-state index contributed by atoms with van der Waals surface area (Å²) in [6.07, 6.45) is 0. The number of esters is 1. The van der Waals surface area contributed by atoms with Crippen LogP contribution in [0.1, 0.15) is 15.9 Å². The Hall–Kier alpha value is -2.43. The molecule has 104 valence electrons. The van der Waals surface area contributed by atoms with E-state index < -0.39 is 17.6 Å². The zero-order chi connectivity index (χ0) is 14.5. The van der Waals surface area contributed by atoms with Gasteiger partial charge in [0.1, 0.15) is 11.6 Å². The minimum atomic E-state index is -0.510. The quantitative estimate of drug-likeness (QED) is 0.871. The molecule has 0 saturated carbocycles. The lowest BCUT2D eigenvalue weighted by Crippen LogP contribution is -2.09. The summed E-state index contributed by atoms with van der Waals surface area (Å²) in [4.78, 5) is 11.6. The van der Waals surface area contributed by atoms with Crippen molar-refractivity contribution in [1.82, 2.24) is 0 Å². The van der Waals surface area contributed by atoms with Gasteiger partial charge in [0.05, 0.1) is 12.7 Å². The van der Waals surface area contributed by atoms with Crippen molar-refractivity contribution in [2.24, 2.45) is 0 Å². The van der Waals surface area contributed by atoms with Crippen LogP contribution in [0.2, 0.25) is 0 Å². The molecular formula is C15H13F2NO2. The van der Waals surface area contributed by atoms with Gasteiger partial charge in [0.25, 0.3) is 0 Å². The molecule has 5 heteroatoms. The van der Waals surface area contributed by atoms with E-state index in [1.165, 1.54) is 7.11 Å². The van der Waals surface area contributed by atoms with E-state index in [4.69, 9.17) is 0 Å². The topological polar surface area (TPSA) is 38.3 Å². The van der Waals surface area contributed by atoms with Crippen molar-refractivity contribution in [3.8, 4) is 0 Å². The lowest BCUT2D eigenvalue weighted by atomic mass is 10.1. The van der Waals surface area contributed by atoms with Crippen LogP contribution in [0.25, 0.3) is 0 Å². The molecule has 3 nitrogen and oxygen atoms in total. The number of benzene rings is 2. The van der Waals surface area contributed by atoms with Crippen LogP contribution < -0.4 is 5.32 Å². The summed E-state index contributed by atoms with van der Waals surface area (Å²) < 4.78 is 31.2. The number of carbonyl (C=O) groups is 1. The second-order valence-corrected chi connectivity index (χ2v) is 4.13. The number of methoxy groups -OCH3 is 1. The van der Waals surface area contributed by atoms with E-state index in [1.54, 1.807) is 24.3 Å². The highest BCUT2D eigenvalue weighted by molar-refractivity contribution is 5.95. The number of rotatable bonds is 4. The summed E-state index contributed by atoms with van der Waals surface area (Å²) in [6.45, 7) is 0.0671. The fourth-order valence-electron chi connectivity index (χ4n) is 1.79. The third-order valence-corrected chi connectivity index (χ3v) is 2.81. The maximum absolute atomic E-state index is 13.5. The lowest BCUT2D eigenvalue weighted by molar-refractivity contribution is 0.0602. The van der Waals surface area contributed by atoms with Crippen LogP contribution >= 0.6 is 0 Å². The SMILES string of the molecule is COC(=O)c1ccccc1NCc1cc(F)ccc1F. The first kappa shape index (κ1) is 14.0. The second-order valence-electron chi connectivity index (χ2n) is 4.13. The summed E-state index contributed by atoms with van der Waals surface area (Å²) in [6, 6.07) is 9.93. The molecule has 0 spiro atoms. The normalized spacial score (nSPS) is 10.2. The molecule has 0 amide bonds. The van der Waals surface area contributed by atoms with Crippen molar-refractivity contribution in [1.29, 1.82) is 0 Å². The number of carbonyl (C=O) groups excluding carboxylic acids is 1. The van der Waals surface area contributed by atoms with Crippen LogP contribution in [0.4, 0.5) is 14.5 Å². The number of nitrogens with one attached hydrogen (secondary N) is 1. The molecule has 0 bridgehead atoms. The molecule has 0 atom stereocenters. The molecule has 0 saturated heterocycles. The van der Waals surface area contributed by atoms with Crippen molar-refractivity contribution >= 4 is 11.7 Å². The van der Waals surface area contributed by atoms with E-state index in [9.17, 15) is 13.6 Å². The summed E-state index contributed by atoms with van der Waals surface area (Å²) in [5.74, 6) is -1.51. The van der Waals surface area contributed by atoms with Gasteiger partial charge >= 0.3 is 5.97 Å². The zero-order valence-corrected chi connectivity index (χ0v) is 10.8. The van der Waals surface area contributed by atoms with Crippen molar-refractivity contribution in [3.63, 3.8) is 0 Å². The van der Waals surface area contributed by atoms with Gasteiger partial charge in [-0.2, -0.15) is 0 Å². The summed E-state index contributed by atoms with van der Waals surface area (Å²) in [5, 5.41) is 2.91. The van der Waals surface area contributed by atoms with Gasteiger partial charge < -0.3 is 10.1 Å². The number of anilines is 1. The van der Waals surface area contributed by atoms with Gasteiger partial charge in [-0.15, -0.1) is 0 Å². The van der Waals surface area contributed by atoms with E-state index in [2.05, 4.69) is 10.1 Å². The molecule has 2 aromatic carbocycles. The van der Waals surface area contributed by atoms with E-state index in [0.29, 0.717) is 11.3 Å². The molecule has 0 aliphatic heterocycles. The highest BCUT2D eigenvalue weighted by atomic mass is 19.1. The molecule has 0 unspecified atom stereocenters. The van der Waals surface area contributed by atoms with Crippen LogP contribution in [0.15, 0.2) is 42.5 Å². The molecule has 0 fully saturated rings. The van der Waals surface area contributed by atoms with Gasteiger partial charge in [-0.25, -0.2) is 13.6 Å². The van der Waals surface area contributed by atoms with Gasteiger partial charge in [-0.3, -0.25) is 0 Å². The molecule has 20 heavy (non-hydrogen) atoms. The van der Waals surface area contributed by atoms with Crippen LogP contribution in [-0.2, 0) is 11.3 Å². The minimum absolute atomic E-state index is 0.0671. The molecule has 1 N–H and O–H groups in total. The van der Waals surface area contributed by atoms with Gasteiger partial charge in [-0.1, -0.05) is 12.1 Å². The summed E-state index contributed by atoms with van der Waals surface area (Å²) >= 11 is 0. The molecular weight excluding hydrogens is 264 g/mol. The van der Waals surface area contributed by atoms with Crippen LogP contribution in [0, 0.1) is 11.6 Å². The highest BCUT2D eigenvalue weighted by Gasteiger charge is 2.11. The van der Waals surface area contributed by atoms with Gasteiger partial charge in [0.2, 0.25) is 0 Å². The third-order valence-electron chi connectivity index (χ3n) is 2.81. The Labute approximate surface area is 115 Å². The van der Waals surface area contributed by atoms with E-state index >= 15 is 0 Å². The lowest BCUT2D eigenvalue weighted by Gasteiger charge is -2.11. The molecule has 0 aromatic heterocycles. The first-order valence-electron chi connectivity index (χ1n) is 5.97. The molecule has 2 aromatic rings. The Balaban J connectivity index is 2.19. The average Bonchev–Trinajstić information content (AvgIpc) is 2.47. The maximum atomic E-state index is 13.5. The number of ether oxygens (including phenoxy) is 1. The molecule has 0 aliphatic carbocycles. The first-order valence-corrected chi connectivity index (χ1v) is 5.97. The Morgan fingerprint density at radius 3 is 2.70 bits per heavy atom. The van der Waals surface area contributed by atoms with Gasteiger partial charge in [0.15, 0.2) is 0 Å². The van der Waals surface area contributed by atoms with Crippen LogP contribution in [0.3, 0.4) is 0 Å². The predicted octanol–water partition coefficient (Wildman–Crippen LogP) is 3.36. The second kappa shape index (κ2) is 6.14. The smallest absolute Gasteiger partial charge is 0.339 e. The predicted molar refractivity (Wildman–Crippen MR) is 71.5 cm³/mol. The van der Waals surface area contributed by atoms with Gasteiger partial charge in [0, 0.05) is 17.8 Å². The van der Waals surface area contributed by atoms with Crippen molar-refractivity contribution in [3.05, 3.63) is 65.2 Å². The third kappa shape index (κ3) is 3.12. The molecule has 0 aliphatic rings.